The van der Waals surface area contributed by atoms with Crippen LogP contribution in [0.4, 0.5) is 5.69 Å². The number of ether oxygens (including phenoxy) is 1. The summed E-state index contributed by atoms with van der Waals surface area (Å²) in [5, 5.41) is 2.70. The Morgan fingerprint density at radius 1 is 0.935 bits per heavy atom. The number of amides is 3. The number of piperazine rings is 1. The van der Waals surface area contributed by atoms with Crippen LogP contribution in [0.15, 0.2) is 61.2 Å². The molecule has 3 rings (SSSR count). The highest BCUT2D eigenvalue weighted by atomic mass is 16.5. The smallest absolute Gasteiger partial charge is 0.247 e. The molecule has 31 heavy (non-hydrogen) atoms. The van der Waals surface area contributed by atoms with Crippen molar-refractivity contribution < 1.29 is 19.1 Å². The van der Waals surface area contributed by atoms with Crippen LogP contribution >= 0.6 is 0 Å². The maximum Gasteiger partial charge on any atom is 0.247 e. The summed E-state index contributed by atoms with van der Waals surface area (Å²) in [5.41, 5.74) is 2.39. The second-order valence-electron chi connectivity index (χ2n) is 7.36. The van der Waals surface area contributed by atoms with Gasteiger partial charge in [-0.25, -0.2) is 0 Å². The van der Waals surface area contributed by atoms with Gasteiger partial charge in [-0.2, -0.15) is 0 Å². The molecule has 3 amide bonds. The Bertz CT molecular complexity index is 948. The Hall–Kier alpha value is -3.61. The molecule has 0 spiro atoms. The number of nitrogens with zero attached hydrogens (tertiary/aromatic N) is 2. The predicted molar refractivity (Wildman–Crippen MR) is 119 cm³/mol. The van der Waals surface area contributed by atoms with Crippen LogP contribution in [0.5, 0.6) is 5.75 Å². The lowest BCUT2D eigenvalue weighted by molar-refractivity contribution is -0.138. The van der Waals surface area contributed by atoms with Gasteiger partial charge in [-0.3, -0.25) is 14.4 Å². The summed E-state index contributed by atoms with van der Waals surface area (Å²) in [6.45, 7) is 5.51. The van der Waals surface area contributed by atoms with E-state index in [-0.39, 0.29) is 24.1 Å². The normalized spacial score (nSPS) is 13.5. The Labute approximate surface area is 182 Å². The third kappa shape index (κ3) is 6.18. The van der Waals surface area contributed by atoms with Crippen molar-refractivity contribution in [3.05, 3.63) is 72.3 Å². The number of anilines is 1. The Morgan fingerprint density at radius 2 is 1.52 bits per heavy atom. The zero-order valence-electron chi connectivity index (χ0n) is 17.7. The largest absolute Gasteiger partial charge is 0.497 e. The number of rotatable bonds is 7. The molecular formula is C24H27N3O4. The minimum Gasteiger partial charge on any atom is -0.497 e. The molecule has 0 saturated carbocycles. The highest BCUT2D eigenvalue weighted by molar-refractivity contribution is 5.99. The second-order valence-corrected chi connectivity index (χ2v) is 7.36. The molecule has 1 N–H and O–H groups in total. The fraction of sp³-hybridized carbons (Fsp3) is 0.292. The van der Waals surface area contributed by atoms with Crippen molar-refractivity contribution >= 4 is 23.4 Å². The molecule has 0 aliphatic carbocycles. The van der Waals surface area contributed by atoms with Gasteiger partial charge in [0.15, 0.2) is 0 Å². The molecule has 2 aromatic carbocycles. The fourth-order valence-electron chi connectivity index (χ4n) is 3.47. The van der Waals surface area contributed by atoms with E-state index < -0.39 is 0 Å². The van der Waals surface area contributed by atoms with Crippen LogP contribution in [-0.4, -0.2) is 60.8 Å². The molecule has 1 saturated heterocycles. The molecule has 7 nitrogen and oxygen atoms in total. The quantitative estimate of drug-likeness (QED) is 0.696. The topological polar surface area (TPSA) is 79.0 Å². The summed E-state index contributed by atoms with van der Waals surface area (Å²) >= 11 is 0. The van der Waals surface area contributed by atoms with Gasteiger partial charge < -0.3 is 19.9 Å². The SMILES string of the molecule is C=CC(=O)Nc1cccc(CC(=O)N2CCN(C(=O)Cc3ccc(OC)cc3)CC2)c1. The number of methoxy groups -OCH3 is 1. The third-order valence-electron chi connectivity index (χ3n) is 5.23. The molecule has 0 atom stereocenters. The number of hydrogen-bond acceptors (Lipinski definition) is 4. The molecule has 1 heterocycles. The van der Waals surface area contributed by atoms with Crippen molar-refractivity contribution in [1.29, 1.82) is 0 Å². The minimum atomic E-state index is -0.293. The monoisotopic (exact) mass is 421 g/mol. The average molecular weight is 421 g/mol. The average Bonchev–Trinajstić information content (AvgIpc) is 2.79. The van der Waals surface area contributed by atoms with Crippen LogP contribution in [0.2, 0.25) is 0 Å². The molecule has 7 heteroatoms. The van der Waals surface area contributed by atoms with Gasteiger partial charge in [-0.15, -0.1) is 0 Å². The maximum atomic E-state index is 12.7. The van der Waals surface area contributed by atoms with E-state index in [0.29, 0.717) is 38.3 Å². The third-order valence-corrected chi connectivity index (χ3v) is 5.23. The van der Waals surface area contributed by atoms with Crippen LogP contribution in [0.3, 0.4) is 0 Å². The lowest BCUT2D eigenvalue weighted by Gasteiger charge is -2.35. The van der Waals surface area contributed by atoms with Crippen molar-refractivity contribution in [3.8, 4) is 5.75 Å². The summed E-state index contributed by atoms with van der Waals surface area (Å²) in [7, 11) is 1.61. The van der Waals surface area contributed by atoms with Gasteiger partial charge in [-0.1, -0.05) is 30.8 Å². The van der Waals surface area contributed by atoms with Gasteiger partial charge in [-0.05, 0) is 41.5 Å². The molecule has 0 radical (unpaired) electrons. The lowest BCUT2D eigenvalue weighted by atomic mass is 10.1. The first-order valence-corrected chi connectivity index (χ1v) is 10.2. The standard InChI is InChI=1S/C24H27N3O4/c1-3-22(28)25-20-6-4-5-19(15-20)17-24(30)27-13-11-26(12-14-27)23(29)16-18-7-9-21(31-2)10-8-18/h3-10,15H,1,11-14,16-17H2,2H3,(H,25,28). The number of carbonyl (C=O) groups excluding carboxylic acids is 3. The van der Waals surface area contributed by atoms with E-state index in [0.717, 1.165) is 16.9 Å². The van der Waals surface area contributed by atoms with E-state index in [9.17, 15) is 14.4 Å². The maximum absolute atomic E-state index is 12.7. The molecular weight excluding hydrogens is 394 g/mol. The first kappa shape index (κ1) is 22.1. The Balaban J connectivity index is 1.49. The fourth-order valence-corrected chi connectivity index (χ4v) is 3.47. The molecule has 1 aliphatic rings. The minimum absolute atomic E-state index is 0.00875. The predicted octanol–water partition coefficient (Wildman–Crippen LogP) is 2.28. The van der Waals surface area contributed by atoms with Gasteiger partial charge in [0.1, 0.15) is 5.75 Å². The van der Waals surface area contributed by atoms with E-state index in [1.807, 2.05) is 30.3 Å². The second kappa shape index (κ2) is 10.4. The summed E-state index contributed by atoms with van der Waals surface area (Å²) in [4.78, 5) is 40.3. The van der Waals surface area contributed by atoms with Gasteiger partial charge in [0.05, 0.1) is 20.0 Å². The van der Waals surface area contributed by atoms with E-state index in [4.69, 9.17) is 4.74 Å². The van der Waals surface area contributed by atoms with Crippen LogP contribution in [0.1, 0.15) is 11.1 Å². The molecule has 1 fully saturated rings. The number of carbonyl (C=O) groups is 3. The first-order valence-electron chi connectivity index (χ1n) is 10.2. The van der Waals surface area contributed by atoms with Crippen LogP contribution < -0.4 is 10.1 Å². The molecule has 0 aromatic heterocycles. The number of nitrogens with one attached hydrogen (secondary N) is 1. The zero-order valence-corrected chi connectivity index (χ0v) is 17.7. The van der Waals surface area contributed by atoms with E-state index >= 15 is 0 Å². The molecule has 0 bridgehead atoms. The molecule has 162 valence electrons. The Kier molecular flexibility index (Phi) is 7.43. The van der Waals surface area contributed by atoms with Gasteiger partial charge in [0, 0.05) is 31.9 Å². The summed E-state index contributed by atoms with van der Waals surface area (Å²) < 4.78 is 5.14. The van der Waals surface area contributed by atoms with Gasteiger partial charge >= 0.3 is 0 Å². The van der Waals surface area contributed by atoms with Crippen LogP contribution in [0.25, 0.3) is 0 Å². The number of benzene rings is 2. The van der Waals surface area contributed by atoms with Crippen molar-refractivity contribution in [2.24, 2.45) is 0 Å². The van der Waals surface area contributed by atoms with Crippen molar-refractivity contribution in [2.75, 3.05) is 38.6 Å². The highest BCUT2D eigenvalue weighted by Crippen LogP contribution is 2.15. The zero-order chi connectivity index (χ0) is 22.2. The molecule has 1 aliphatic heterocycles. The summed E-state index contributed by atoms with van der Waals surface area (Å²) in [6, 6.07) is 14.7. The van der Waals surface area contributed by atoms with Crippen LogP contribution in [0, 0.1) is 0 Å². The first-order chi connectivity index (χ1) is 15.0. The highest BCUT2D eigenvalue weighted by Gasteiger charge is 2.24. The van der Waals surface area contributed by atoms with E-state index in [2.05, 4.69) is 11.9 Å². The van der Waals surface area contributed by atoms with Crippen LogP contribution in [-0.2, 0) is 27.2 Å². The van der Waals surface area contributed by atoms with E-state index in [1.165, 1.54) is 6.08 Å². The lowest BCUT2D eigenvalue weighted by Crippen LogP contribution is -2.51. The van der Waals surface area contributed by atoms with Crippen molar-refractivity contribution in [2.45, 2.75) is 12.8 Å². The number of hydrogen-bond donors (Lipinski definition) is 1. The van der Waals surface area contributed by atoms with E-state index in [1.54, 1.807) is 35.1 Å². The Morgan fingerprint density at radius 3 is 2.06 bits per heavy atom. The van der Waals surface area contributed by atoms with Gasteiger partial charge in [0.25, 0.3) is 0 Å². The van der Waals surface area contributed by atoms with Crippen molar-refractivity contribution in [1.82, 2.24) is 9.80 Å². The molecule has 0 unspecified atom stereocenters. The van der Waals surface area contributed by atoms with Crippen molar-refractivity contribution in [3.63, 3.8) is 0 Å². The van der Waals surface area contributed by atoms with Gasteiger partial charge in [0.2, 0.25) is 17.7 Å². The molecule has 2 aromatic rings. The summed E-state index contributed by atoms with van der Waals surface area (Å²) in [6.07, 6.45) is 1.78. The summed E-state index contributed by atoms with van der Waals surface area (Å²) in [5.74, 6) is 0.535.